The van der Waals surface area contributed by atoms with Crippen molar-refractivity contribution < 1.29 is 22.5 Å². The molecule has 1 aliphatic rings. The molecule has 2 aromatic carbocycles. The van der Waals surface area contributed by atoms with Crippen molar-refractivity contribution in [2.45, 2.75) is 26.4 Å². The zero-order valence-corrected chi connectivity index (χ0v) is 18.2. The van der Waals surface area contributed by atoms with Crippen LogP contribution in [0.15, 0.2) is 34.9 Å². The molecule has 0 unspecified atom stereocenters. The van der Waals surface area contributed by atoms with Crippen LogP contribution in [0.1, 0.15) is 22.4 Å². The van der Waals surface area contributed by atoms with E-state index in [0.717, 1.165) is 41.7 Å². The van der Waals surface area contributed by atoms with Gasteiger partial charge in [0, 0.05) is 31.6 Å². The average Bonchev–Trinajstić information content (AvgIpc) is 3.11. The third-order valence-electron chi connectivity index (χ3n) is 5.75. The third kappa shape index (κ3) is 4.57. The van der Waals surface area contributed by atoms with E-state index < -0.39 is 17.6 Å². The highest BCUT2D eigenvalue weighted by Gasteiger charge is 2.32. The Bertz CT molecular complexity index is 1150. The third-order valence-corrected chi connectivity index (χ3v) is 5.75. The molecule has 0 spiro atoms. The molecule has 0 atom stereocenters. The minimum atomic E-state index is -4.50. The minimum absolute atomic E-state index is 0.103. The Kier molecular flexibility index (Phi) is 5.85. The number of likely N-dealkylation sites (N-methyl/N-ethyl adjacent to an activating group) is 1. The van der Waals surface area contributed by atoms with Crippen molar-refractivity contribution in [1.29, 1.82) is 0 Å². The molecule has 1 N–H and O–H groups in total. The molecule has 0 bridgehead atoms. The monoisotopic (exact) mass is 446 g/mol. The predicted octanol–water partition coefficient (Wildman–Crippen LogP) is 4.40. The average molecular weight is 446 g/mol. The van der Waals surface area contributed by atoms with Crippen molar-refractivity contribution in [1.82, 2.24) is 10.1 Å². The van der Waals surface area contributed by atoms with Gasteiger partial charge in [0.2, 0.25) is 5.91 Å². The molecule has 32 heavy (non-hydrogen) atoms. The summed E-state index contributed by atoms with van der Waals surface area (Å²) < 4.78 is 45.4. The van der Waals surface area contributed by atoms with E-state index in [0.29, 0.717) is 30.1 Å². The summed E-state index contributed by atoms with van der Waals surface area (Å²) in [5.41, 5.74) is 2.91. The van der Waals surface area contributed by atoms with Gasteiger partial charge in [-0.3, -0.25) is 4.79 Å². The van der Waals surface area contributed by atoms with Crippen LogP contribution in [0.5, 0.6) is 0 Å². The first-order chi connectivity index (χ1) is 15.1. The Morgan fingerprint density at radius 1 is 1.12 bits per heavy atom. The van der Waals surface area contributed by atoms with E-state index in [1.807, 2.05) is 37.9 Å². The summed E-state index contributed by atoms with van der Waals surface area (Å²) in [5.74, 6) is -0.450. The van der Waals surface area contributed by atoms with Crippen molar-refractivity contribution in [3.05, 3.63) is 52.7 Å². The molecule has 9 heteroatoms. The first-order valence-electron chi connectivity index (χ1n) is 10.4. The van der Waals surface area contributed by atoms with Crippen molar-refractivity contribution in [3.63, 3.8) is 0 Å². The normalized spacial score (nSPS) is 15.4. The smallest absolute Gasteiger partial charge is 0.367 e. The number of halogens is 3. The van der Waals surface area contributed by atoms with Gasteiger partial charge < -0.3 is 19.6 Å². The number of carbonyl (C=O) groups excluding carboxylic acids is 1. The number of aryl methyl sites for hydroxylation is 2. The van der Waals surface area contributed by atoms with Gasteiger partial charge in [-0.25, -0.2) is 0 Å². The Labute approximate surface area is 184 Å². The predicted molar refractivity (Wildman–Crippen MR) is 117 cm³/mol. The van der Waals surface area contributed by atoms with Crippen molar-refractivity contribution in [2.24, 2.45) is 0 Å². The number of aromatic nitrogens is 1. The molecule has 1 aliphatic heterocycles. The number of alkyl halides is 3. The highest BCUT2D eigenvalue weighted by atomic mass is 19.4. The summed E-state index contributed by atoms with van der Waals surface area (Å²) in [6.45, 7) is 6.74. The summed E-state index contributed by atoms with van der Waals surface area (Å²) >= 11 is 0. The van der Waals surface area contributed by atoms with Crippen LogP contribution in [-0.2, 0) is 17.4 Å². The molecule has 1 amide bonds. The second-order valence-electron chi connectivity index (χ2n) is 8.33. The zero-order chi connectivity index (χ0) is 23.0. The van der Waals surface area contributed by atoms with Gasteiger partial charge in [0.1, 0.15) is 5.69 Å². The maximum Gasteiger partial charge on any atom is 0.416 e. The lowest BCUT2D eigenvalue weighted by Gasteiger charge is -2.35. The van der Waals surface area contributed by atoms with E-state index >= 15 is 0 Å². The molecule has 0 aliphatic carbocycles. The fourth-order valence-corrected chi connectivity index (χ4v) is 4.05. The summed E-state index contributed by atoms with van der Waals surface area (Å²) in [6.07, 6.45) is -4.61. The van der Waals surface area contributed by atoms with Gasteiger partial charge in [-0.05, 0) is 56.3 Å². The maximum absolute atomic E-state index is 13.3. The number of amides is 1. The van der Waals surface area contributed by atoms with E-state index in [2.05, 4.69) is 15.4 Å². The standard InChI is InChI=1S/C23H25F3N4O2/c1-14-10-15(2)22-17(11-14)18(28-32-22)13-21(31)27-19-12-16(23(24,25)26)4-5-20(19)30-8-6-29(3)7-9-30/h4-5,10-12H,6-9,13H2,1-3H3,(H,27,31). The summed E-state index contributed by atoms with van der Waals surface area (Å²) in [4.78, 5) is 17.0. The molecule has 0 radical (unpaired) electrons. The van der Waals surface area contributed by atoms with E-state index in [1.54, 1.807) is 0 Å². The van der Waals surface area contributed by atoms with Gasteiger partial charge in [0.15, 0.2) is 5.58 Å². The molecular weight excluding hydrogens is 421 g/mol. The lowest BCUT2D eigenvalue weighted by atomic mass is 10.1. The largest absolute Gasteiger partial charge is 0.416 e. The molecule has 1 aromatic heterocycles. The van der Waals surface area contributed by atoms with Crippen LogP contribution in [0.3, 0.4) is 0 Å². The number of benzene rings is 2. The topological polar surface area (TPSA) is 61.6 Å². The van der Waals surface area contributed by atoms with Crippen LogP contribution in [0.4, 0.5) is 24.5 Å². The second kappa shape index (κ2) is 8.46. The van der Waals surface area contributed by atoms with Crippen LogP contribution >= 0.6 is 0 Å². The summed E-state index contributed by atoms with van der Waals surface area (Å²) in [6, 6.07) is 7.34. The van der Waals surface area contributed by atoms with Gasteiger partial charge in [0.05, 0.1) is 23.4 Å². The molecule has 170 valence electrons. The maximum atomic E-state index is 13.3. The molecule has 3 aromatic rings. The number of carbonyl (C=O) groups is 1. The summed E-state index contributed by atoms with van der Waals surface area (Å²) in [7, 11) is 2.00. The van der Waals surface area contributed by atoms with E-state index in [9.17, 15) is 18.0 Å². The van der Waals surface area contributed by atoms with E-state index in [4.69, 9.17) is 4.52 Å². The Morgan fingerprint density at radius 3 is 2.53 bits per heavy atom. The molecule has 6 nitrogen and oxygen atoms in total. The Morgan fingerprint density at radius 2 is 1.84 bits per heavy atom. The molecule has 2 heterocycles. The van der Waals surface area contributed by atoms with Gasteiger partial charge in [-0.2, -0.15) is 13.2 Å². The number of hydrogen-bond donors (Lipinski definition) is 1. The number of fused-ring (bicyclic) bond motifs is 1. The minimum Gasteiger partial charge on any atom is -0.367 e. The number of hydrogen-bond acceptors (Lipinski definition) is 5. The van der Waals surface area contributed by atoms with E-state index in [1.165, 1.54) is 6.07 Å². The molecule has 1 fully saturated rings. The van der Waals surface area contributed by atoms with Crippen LogP contribution in [-0.4, -0.2) is 49.2 Å². The first-order valence-corrected chi connectivity index (χ1v) is 10.4. The zero-order valence-electron chi connectivity index (χ0n) is 18.2. The lowest BCUT2D eigenvalue weighted by molar-refractivity contribution is -0.137. The van der Waals surface area contributed by atoms with Gasteiger partial charge in [0.25, 0.3) is 0 Å². The van der Waals surface area contributed by atoms with Crippen LogP contribution < -0.4 is 10.2 Å². The molecule has 1 saturated heterocycles. The quantitative estimate of drug-likeness (QED) is 0.644. The van der Waals surface area contributed by atoms with Gasteiger partial charge in [-0.15, -0.1) is 0 Å². The van der Waals surface area contributed by atoms with Crippen LogP contribution in [0, 0.1) is 13.8 Å². The second-order valence-corrected chi connectivity index (χ2v) is 8.33. The first kappa shape index (κ1) is 22.1. The molecule has 4 rings (SSSR count). The molecule has 0 saturated carbocycles. The van der Waals surface area contributed by atoms with E-state index in [-0.39, 0.29) is 12.1 Å². The van der Waals surface area contributed by atoms with Crippen molar-refractivity contribution in [2.75, 3.05) is 43.4 Å². The Hall–Kier alpha value is -3.07. The van der Waals surface area contributed by atoms with Crippen molar-refractivity contribution >= 4 is 28.3 Å². The van der Waals surface area contributed by atoms with Crippen LogP contribution in [0.2, 0.25) is 0 Å². The fourth-order valence-electron chi connectivity index (χ4n) is 4.05. The molecular formula is C23H25F3N4O2. The van der Waals surface area contributed by atoms with Crippen LogP contribution in [0.25, 0.3) is 11.0 Å². The lowest BCUT2D eigenvalue weighted by Crippen LogP contribution is -2.44. The Balaban J connectivity index is 1.61. The highest BCUT2D eigenvalue weighted by Crippen LogP contribution is 2.36. The SMILES string of the molecule is Cc1cc(C)c2onc(CC(=O)Nc3cc(C(F)(F)F)ccc3N3CCN(C)CC3)c2c1. The number of nitrogens with one attached hydrogen (secondary N) is 1. The summed E-state index contributed by atoms with van der Waals surface area (Å²) in [5, 5.41) is 7.45. The number of anilines is 2. The number of piperazine rings is 1. The van der Waals surface area contributed by atoms with Gasteiger partial charge >= 0.3 is 6.18 Å². The fraction of sp³-hybridized carbons (Fsp3) is 0.391. The highest BCUT2D eigenvalue weighted by molar-refractivity contribution is 5.97. The number of nitrogens with zero attached hydrogens (tertiary/aromatic N) is 3. The number of rotatable bonds is 4. The van der Waals surface area contributed by atoms with Crippen molar-refractivity contribution in [3.8, 4) is 0 Å². The van der Waals surface area contributed by atoms with Gasteiger partial charge in [-0.1, -0.05) is 11.2 Å².